The SMILES string of the molecule is O=C(N[C@H]1CO[C@H]2[C@H]1OC[C@H]2n1cc(-c2ccccc2)nn1)N1CCOCC1. The molecule has 0 unspecified atom stereocenters. The van der Waals surface area contributed by atoms with Crippen molar-refractivity contribution in [2.24, 2.45) is 0 Å². The minimum Gasteiger partial charge on any atom is -0.378 e. The Kier molecular flexibility index (Phi) is 4.71. The Morgan fingerprint density at radius 1 is 1.07 bits per heavy atom. The van der Waals surface area contributed by atoms with E-state index in [1.807, 2.05) is 41.2 Å². The zero-order chi connectivity index (χ0) is 18.9. The fraction of sp³-hybridized carbons (Fsp3) is 0.526. The van der Waals surface area contributed by atoms with Crippen LogP contribution < -0.4 is 5.32 Å². The number of nitrogens with zero attached hydrogens (tertiary/aromatic N) is 4. The highest BCUT2D eigenvalue weighted by molar-refractivity contribution is 5.74. The van der Waals surface area contributed by atoms with Gasteiger partial charge in [0.25, 0.3) is 0 Å². The van der Waals surface area contributed by atoms with Gasteiger partial charge in [-0.15, -0.1) is 5.10 Å². The molecule has 3 aliphatic rings. The lowest BCUT2D eigenvalue weighted by atomic mass is 10.1. The molecule has 3 aliphatic heterocycles. The van der Waals surface area contributed by atoms with Crippen LogP contribution >= 0.6 is 0 Å². The summed E-state index contributed by atoms with van der Waals surface area (Å²) in [7, 11) is 0. The zero-order valence-electron chi connectivity index (χ0n) is 15.4. The predicted molar refractivity (Wildman–Crippen MR) is 98.7 cm³/mol. The van der Waals surface area contributed by atoms with Crippen molar-refractivity contribution in [2.75, 3.05) is 39.5 Å². The van der Waals surface area contributed by atoms with Crippen LogP contribution in [0, 0.1) is 0 Å². The molecule has 5 rings (SSSR count). The maximum Gasteiger partial charge on any atom is 0.317 e. The van der Waals surface area contributed by atoms with E-state index in [2.05, 4.69) is 15.6 Å². The van der Waals surface area contributed by atoms with Gasteiger partial charge >= 0.3 is 6.03 Å². The maximum atomic E-state index is 12.5. The summed E-state index contributed by atoms with van der Waals surface area (Å²) in [6, 6.07) is 9.63. The van der Waals surface area contributed by atoms with Gasteiger partial charge in [-0.25, -0.2) is 9.48 Å². The molecule has 1 N–H and O–H groups in total. The molecule has 3 fully saturated rings. The first kappa shape index (κ1) is 17.6. The van der Waals surface area contributed by atoms with E-state index >= 15 is 0 Å². The minimum atomic E-state index is -0.181. The van der Waals surface area contributed by atoms with Gasteiger partial charge in [-0.1, -0.05) is 35.5 Å². The number of urea groups is 1. The van der Waals surface area contributed by atoms with Crippen molar-refractivity contribution in [1.82, 2.24) is 25.2 Å². The van der Waals surface area contributed by atoms with Crippen molar-refractivity contribution in [3.8, 4) is 11.3 Å². The second-order valence-corrected chi connectivity index (χ2v) is 7.27. The third-order valence-corrected chi connectivity index (χ3v) is 5.55. The molecule has 9 heteroatoms. The Bertz CT molecular complexity index is 823. The topological polar surface area (TPSA) is 90.7 Å². The first-order valence-electron chi connectivity index (χ1n) is 9.63. The first-order chi connectivity index (χ1) is 13.8. The summed E-state index contributed by atoms with van der Waals surface area (Å²) in [5.41, 5.74) is 1.84. The number of amides is 2. The van der Waals surface area contributed by atoms with Crippen LogP contribution in [0.25, 0.3) is 11.3 Å². The Hall–Kier alpha value is -2.49. The summed E-state index contributed by atoms with van der Waals surface area (Å²) in [6.07, 6.45) is 1.59. The Morgan fingerprint density at radius 2 is 1.86 bits per heavy atom. The highest BCUT2D eigenvalue weighted by Crippen LogP contribution is 2.34. The van der Waals surface area contributed by atoms with Crippen LogP contribution in [-0.2, 0) is 14.2 Å². The summed E-state index contributed by atoms with van der Waals surface area (Å²) in [4.78, 5) is 14.2. The summed E-state index contributed by atoms with van der Waals surface area (Å²) in [5, 5.41) is 11.6. The van der Waals surface area contributed by atoms with Crippen molar-refractivity contribution < 1.29 is 19.0 Å². The molecule has 2 amide bonds. The average Bonchev–Trinajstić information content (AvgIpc) is 3.47. The number of morpholine rings is 1. The molecule has 0 saturated carbocycles. The number of fused-ring (bicyclic) bond motifs is 1. The number of rotatable bonds is 3. The molecule has 1 aromatic heterocycles. The van der Waals surface area contributed by atoms with E-state index in [0.29, 0.717) is 39.5 Å². The van der Waals surface area contributed by atoms with Crippen molar-refractivity contribution >= 4 is 6.03 Å². The number of aromatic nitrogens is 3. The number of carbonyl (C=O) groups excluding carboxylic acids is 1. The predicted octanol–water partition coefficient (Wildman–Crippen LogP) is 0.694. The quantitative estimate of drug-likeness (QED) is 0.836. The molecule has 9 nitrogen and oxygen atoms in total. The highest BCUT2D eigenvalue weighted by atomic mass is 16.6. The molecule has 0 radical (unpaired) electrons. The third kappa shape index (κ3) is 3.25. The molecular weight excluding hydrogens is 362 g/mol. The summed E-state index contributed by atoms with van der Waals surface area (Å²) in [6.45, 7) is 3.29. The number of hydrogen-bond acceptors (Lipinski definition) is 6. The molecule has 0 bridgehead atoms. The second-order valence-electron chi connectivity index (χ2n) is 7.27. The van der Waals surface area contributed by atoms with Crippen molar-refractivity contribution in [3.63, 3.8) is 0 Å². The van der Waals surface area contributed by atoms with Crippen LogP contribution in [0.1, 0.15) is 6.04 Å². The van der Waals surface area contributed by atoms with E-state index in [1.54, 1.807) is 4.90 Å². The third-order valence-electron chi connectivity index (χ3n) is 5.55. The molecule has 0 spiro atoms. The van der Waals surface area contributed by atoms with E-state index in [1.165, 1.54) is 0 Å². The fourth-order valence-electron chi connectivity index (χ4n) is 4.03. The largest absolute Gasteiger partial charge is 0.378 e. The molecule has 4 heterocycles. The molecule has 0 aliphatic carbocycles. The van der Waals surface area contributed by atoms with Gasteiger partial charge in [0.2, 0.25) is 0 Å². The lowest BCUT2D eigenvalue weighted by Crippen LogP contribution is -2.52. The molecule has 4 atom stereocenters. The first-order valence-corrected chi connectivity index (χ1v) is 9.63. The summed E-state index contributed by atoms with van der Waals surface area (Å²) >= 11 is 0. The van der Waals surface area contributed by atoms with Gasteiger partial charge in [0, 0.05) is 18.7 Å². The molecule has 28 heavy (non-hydrogen) atoms. The molecule has 3 saturated heterocycles. The van der Waals surface area contributed by atoms with Crippen molar-refractivity contribution in [2.45, 2.75) is 24.3 Å². The number of benzene rings is 1. The van der Waals surface area contributed by atoms with E-state index in [4.69, 9.17) is 14.2 Å². The zero-order valence-corrected chi connectivity index (χ0v) is 15.4. The van der Waals surface area contributed by atoms with E-state index < -0.39 is 0 Å². The van der Waals surface area contributed by atoms with Crippen LogP contribution in [-0.4, -0.2) is 83.7 Å². The smallest absolute Gasteiger partial charge is 0.317 e. The van der Waals surface area contributed by atoms with Crippen molar-refractivity contribution in [1.29, 1.82) is 0 Å². The normalized spacial score (nSPS) is 29.6. The number of hydrogen-bond donors (Lipinski definition) is 1. The summed E-state index contributed by atoms with van der Waals surface area (Å²) in [5.74, 6) is 0. The van der Waals surface area contributed by atoms with Gasteiger partial charge in [0.1, 0.15) is 23.9 Å². The van der Waals surface area contributed by atoms with E-state index in [9.17, 15) is 4.79 Å². The second kappa shape index (κ2) is 7.50. The van der Waals surface area contributed by atoms with E-state index in [-0.39, 0.29) is 30.3 Å². The Labute approximate surface area is 162 Å². The Morgan fingerprint density at radius 3 is 2.68 bits per heavy atom. The number of carbonyl (C=O) groups is 1. The average molecular weight is 385 g/mol. The molecule has 148 valence electrons. The number of nitrogens with one attached hydrogen (secondary N) is 1. The lowest BCUT2D eigenvalue weighted by Gasteiger charge is -2.29. The van der Waals surface area contributed by atoms with Crippen LogP contribution in [0.3, 0.4) is 0 Å². The van der Waals surface area contributed by atoms with Gasteiger partial charge in [-0.3, -0.25) is 0 Å². The van der Waals surface area contributed by atoms with Crippen LogP contribution in [0.4, 0.5) is 4.79 Å². The Balaban J connectivity index is 1.24. The lowest BCUT2D eigenvalue weighted by molar-refractivity contribution is 0.0485. The van der Waals surface area contributed by atoms with Crippen LogP contribution in [0.5, 0.6) is 0 Å². The summed E-state index contributed by atoms with van der Waals surface area (Å²) < 4.78 is 19.1. The van der Waals surface area contributed by atoms with Gasteiger partial charge in [0.05, 0.1) is 38.7 Å². The van der Waals surface area contributed by atoms with Crippen molar-refractivity contribution in [3.05, 3.63) is 36.5 Å². The monoisotopic (exact) mass is 385 g/mol. The van der Waals surface area contributed by atoms with Gasteiger partial charge in [0.15, 0.2) is 0 Å². The van der Waals surface area contributed by atoms with Crippen LogP contribution in [0.2, 0.25) is 0 Å². The maximum absolute atomic E-state index is 12.5. The van der Waals surface area contributed by atoms with Gasteiger partial charge in [-0.2, -0.15) is 0 Å². The van der Waals surface area contributed by atoms with Gasteiger partial charge < -0.3 is 24.4 Å². The highest BCUT2D eigenvalue weighted by Gasteiger charge is 2.49. The standard InChI is InChI=1S/C19H23N5O4/c25-19(23-6-8-26-9-7-23)20-15-11-27-18-16(12-28-17(15)18)24-10-14(21-22-24)13-4-2-1-3-5-13/h1-5,10,15-18H,6-9,11-12H2,(H,20,25)/t15-,16+,17-,18+/m0/s1. The van der Waals surface area contributed by atoms with Gasteiger partial charge in [-0.05, 0) is 0 Å². The molecule has 1 aromatic carbocycles. The molecular formula is C19H23N5O4. The number of ether oxygens (including phenoxy) is 3. The fourth-order valence-corrected chi connectivity index (χ4v) is 4.03. The minimum absolute atomic E-state index is 0.0553. The molecule has 2 aromatic rings. The van der Waals surface area contributed by atoms with Crippen LogP contribution in [0.15, 0.2) is 36.5 Å². The van der Waals surface area contributed by atoms with E-state index in [0.717, 1.165) is 11.3 Å².